The Morgan fingerprint density at radius 2 is 1.93 bits per heavy atom. The monoisotopic (exact) mass is 376 g/mol. The quantitative estimate of drug-likeness (QED) is 0.693. The Hall–Kier alpha value is -3.15. The predicted octanol–water partition coefficient (Wildman–Crippen LogP) is 4.38. The van der Waals surface area contributed by atoms with E-state index < -0.39 is 0 Å². The van der Waals surface area contributed by atoms with Crippen molar-refractivity contribution in [3.05, 3.63) is 54.1 Å². The fourth-order valence-corrected chi connectivity index (χ4v) is 3.26. The van der Waals surface area contributed by atoms with Crippen LogP contribution in [-0.4, -0.2) is 27.3 Å². The van der Waals surface area contributed by atoms with E-state index in [1.165, 1.54) is 0 Å². The molecule has 0 spiro atoms. The Bertz CT molecular complexity index is 974. The first kappa shape index (κ1) is 18.2. The number of aryl methyl sites for hydroxylation is 1. The highest BCUT2D eigenvalue weighted by Crippen LogP contribution is 2.29. The fourth-order valence-electron chi connectivity index (χ4n) is 3.26. The van der Waals surface area contributed by atoms with E-state index in [4.69, 9.17) is 4.74 Å². The van der Waals surface area contributed by atoms with Gasteiger partial charge in [-0.3, -0.25) is 4.79 Å². The lowest BCUT2D eigenvalue weighted by molar-refractivity contribution is -0.122. The number of benzene rings is 2. The minimum Gasteiger partial charge on any atom is -0.463 e. The second kappa shape index (κ2) is 7.84. The largest absolute Gasteiger partial charge is 0.463 e. The number of carbonyl (C=O) groups excluding carboxylic acids is 1. The molecule has 3 aromatic rings. The molecule has 0 bridgehead atoms. The van der Waals surface area contributed by atoms with Crippen molar-refractivity contribution >= 4 is 11.6 Å². The van der Waals surface area contributed by atoms with Crippen molar-refractivity contribution < 1.29 is 9.53 Å². The Balaban J connectivity index is 1.64. The molecule has 1 aliphatic carbocycles. The van der Waals surface area contributed by atoms with Crippen LogP contribution < -0.4 is 10.1 Å². The highest BCUT2D eigenvalue weighted by Gasteiger charge is 2.25. The summed E-state index contributed by atoms with van der Waals surface area (Å²) in [5.41, 5.74) is 3.77. The average Bonchev–Trinajstić information content (AvgIpc) is 3.05. The third-order valence-electron chi connectivity index (χ3n) is 5.10. The summed E-state index contributed by atoms with van der Waals surface area (Å²) >= 11 is 0. The van der Waals surface area contributed by atoms with Gasteiger partial charge in [-0.2, -0.15) is 4.98 Å². The molecule has 144 valence electrons. The Labute approximate surface area is 164 Å². The molecule has 2 aromatic carbocycles. The van der Waals surface area contributed by atoms with Crippen molar-refractivity contribution in [1.29, 1.82) is 0 Å². The summed E-state index contributed by atoms with van der Waals surface area (Å²) in [7, 11) is 0. The van der Waals surface area contributed by atoms with E-state index >= 15 is 0 Å². The van der Waals surface area contributed by atoms with Crippen molar-refractivity contribution in [2.24, 2.45) is 5.92 Å². The van der Waals surface area contributed by atoms with Gasteiger partial charge in [0.25, 0.3) is 0 Å². The number of rotatable bonds is 6. The summed E-state index contributed by atoms with van der Waals surface area (Å²) in [5.74, 6) is 1.00. The zero-order chi connectivity index (χ0) is 19.5. The summed E-state index contributed by atoms with van der Waals surface area (Å²) in [5, 5.41) is 7.52. The van der Waals surface area contributed by atoms with Gasteiger partial charge >= 0.3 is 6.01 Å². The molecule has 1 saturated carbocycles. The van der Waals surface area contributed by atoms with E-state index in [-0.39, 0.29) is 11.8 Å². The van der Waals surface area contributed by atoms with Crippen LogP contribution in [0, 0.1) is 12.8 Å². The number of ether oxygens (including phenoxy) is 1. The molecule has 1 fully saturated rings. The van der Waals surface area contributed by atoms with E-state index in [1.807, 2.05) is 62.4 Å². The molecule has 28 heavy (non-hydrogen) atoms. The Kier molecular flexibility index (Phi) is 5.10. The zero-order valence-corrected chi connectivity index (χ0v) is 16.2. The maximum atomic E-state index is 12.1. The molecule has 4 rings (SSSR count). The van der Waals surface area contributed by atoms with Crippen LogP contribution in [0.15, 0.2) is 48.5 Å². The molecule has 6 heteroatoms. The summed E-state index contributed by atoms with van der Waals surface area (Å²) in [6.45, 7) is 4.46. The number of carbonyl (C=O) groups is 1. The van der Waals surface area contributed by atoms with Crippen LogP contribution in [0.25, 0.3) is 17.1 Å². The number of hydrogen-bond acceptors (Lipinski definition) is 4. The fraction of sp³-hybridized carbons (Fsp3) is 0.318. The van der Waals surface area contributed by atoms with Gasteiger partial charge in [0.05, 0.1) is 12.3 Å². The lowest BCUT2D eigenvalue weighted by atomic mass is 9.85. The number of anilines is 1. The molecule has 0 radical (unpaired) electrons. The third-order valence-corrected chi connectivity index (χ3v) is 5.10. The molecular formula is C22H24N4O2. The highest BCUT2D eigenvalue weighted by molar-refractivity contribution is 5.93. The van der Waals surface area contributed by atoms with Gasteiger partial charge in [0.15, 0.2) is 5.82 Å². The molecule has 0 atom stereocenters. The molecule has 6 nitrogen and oxygen atoms in total. The number of nitrogens with zero attached hydrogens (tertiary/aromatic N) is 3. The molecule has 1 amide bonds. The van der Waals surface area contributed by atoms with Crippen molar-refractivity contribution in [3.63, 3.8) is 0 Å². The van der Waals surface area contributed by atoms with Crippen LogP contribution in [0.1, 0.15) is 31.7 Å². The molecule has 1 heterocycles. The first-order chi connectivity index (χ1) is 13.7. The van der Waals surface area contributed by atoms with Gasteiger partial charge in [-0.15, -0.1) is 5.10 Å². The summed E-state index contributed by atoms with van der Waals surface area (Å²) in [6, 6.07) is 16.1. The van der Waals surface area contributed by atoms with Crippen molar-refractivity contribution in [3.8, 4) is 23.1 Å². The number of nitrogens with one attached hydrogen (secondary N) is 1. The molecule has 0 aliphatic heterocycles. The molecule has 1 aliphatic rings. The van der Waals surface area contributed by atoms with Crippen molar-refractivity contribution in [2.75, 3.05) is 11.9 Å². The van der Waals surface area contributed by atoms with Gasteiger partial charge < -0.3 is 10.1 Å². The van der Waals surface area contributed by atoms with Gasteiger partial charge in [-0.25, -0.2) is 4.68 Å². The zero-order valence-electron chi connectivity index (χ0n) is 16.2. The van der Waals surface area contributed by atoms with Crippen LogP contribution >= 0.6 is 0 Å². The standard InChI is InChI=1S/C22H24N4O2/c1-3-28-22-24-20(19-10-5-4-7-15(19)2)26(25-22)18-13-11-17(12-14-18)23-21(27)16-8-6-9-16/h4-5,7,10-14,16H,3,6,8-9H2,1-2H3,(H,23,27). The number of aromatic nitrogens is 3. The summed E-state index contributed by atoms with van der Waals surface area (Å²) in [4.78, 5) is 16.7. The third kappa shape index (κ3) is 3.63. The van der Waals surface area contributed by atoms with Gasteiger partial charge in [-0.05, 0) is 56.5 Å². The van der Waals surface area contributed by atoms with Crippen molar-refractivity contribution in [2.45, 2.75) is 33.1 Å². The molecular weight excluding hydrogens is 352 g/mol. The first-order valence-corrected chi connectivity index (χ1v) is 9.73. The van der Waals surface area contributed by atoms with Gasteiger partial charge in [0, 0.05) is 17.2 Å². The minimum atomic E-state index is 0.110. The maximum Gasteiger partial charge on any atom is 0.336 e. The van der Waals surface area contributed by atoms with E-state index in [2.05, 4.69) is 15.4 Å². The summed E-state index contributed by atoms with van der Waals surface area (Å²) in [6.07, 6.45) is 3.12. The number of amides is 1. The second-order valence-electron chi connectivity index (χ2n) is 7.04. The Morgan fingerprint density at radius 3 is 2.57 bits per heavy atom. The van der Waals surface area contributed by atoms with Gasteiger partial charge in [0.1, 0.15) is 0 Å². The highest BCUT2D eigenvalue weighted by atomic mass is 16.5. The SMILES string of the molecule is CCOc1nc(-c2ccccc2C)n(-c2ccc(NC(=O)C3CCC3)cc2)n1. The first-order valence-electron chi connectivity index (χ1n) is 9.73. The van der Waals surface area contributed by atoms with Crippen LogP contribution in [0.4, 0.5) is 5.69 Å². The molecule has 1 N–H and O–H groups in total. The van der Waals surface area contributed by atoms with Gasteiger partial charge in [-0.1, -0.05) is 30.7 Å². The van der Waals surface area contributed by atoms with Gasteiger partial charge in [0.2, 0.25) is 5.91 Å². The molecule has 0 unspecified atom stereocenters. The topological polar surface area (TPSA) is 69.0 Å². The van der Waals surface area contributed by atoms with E-state index in [0.717, 1.165) is 47.6 Å². The normalized spacial score (nSPS) is 13.8. The second-order valence-corrected chi connectivity index (χ2v) is 7.04. The Morgan fingerprint density at radius 1 is 1.18 bits per heavy atom. The van der Waals surface area contributed by atoms with E-state index in [1.54, 1.807) is 4.68 Å². The number of hydrogen-bond donors (Lipinski definition) is 1. The van der Waals surface area contributed by atoms with Crippen LogP contribution in [0.2, 0.25) is 0 Å². The average molecular weight is 376 g/mol. The molecule has 0 saturated heterocycles. The van der Waals surface area contributed by atoms with Crippen LogP contribution in [0.5, 0.6) is 6.01 Å². The van der Waals surface area contributed by atoms with E-state index in [9.17, 15) is 4.79 Å². The smallest absolute Gasteiger partial charge is 0.336 e. The molecule has 1 aromatic heterocycles. The lowest BCUT2D eigenvalue weighted by Crippen LogP contribution is -2.27. The van der Waals surface area contributed by atoms with E-state index in [0.29, 0.717) is 12.6 Å². The lowest BCUT2D eigenvalue weighted by Gasteiger charge is -2.24. The summed E-state index contributed by atoms with van der Waals surface area (Å²) < 4.78 is 7.31. The van der Waals surface area contributed by atoms with Crippen molar-refractivity contribution in [1.82, 2.24) is 14.8 Å². The minimum absolute atomic E-state index is 0.110. The van der Waals surface area contributed by atoms with Crippen LogP contribution in [0.3, 0.4) is 0 Å². The van der Waals surface area contributed by atoms with Crippen LogP contribution in [-0.2, 0) is 4.79 Å². The maximum absolute atomic E-state index is 12.1. The predicted molar refractivity (Wildman–Crippen MR) is 109 cm³/mol.